The van der Waals surface area contributed by atoms with Crippen LogP contribution < -0.4 is 0 Å². The molecule has 0 bridgehead atoms. The normalized spacial score (nSPS) is 13.2. The number of aliphatic hydroxyl groups is 1. The first-order valence-electron chi connectivity index (χ1n) is 6.11. The zero-order valence-corrected chi connectivity index (χ0v) is 11.8. The van der Waals surface area contributed by atoms with Crippen LogP contribution in [0.25, 0.3) is 0 Å². The van der Waals surface area contributed by atoms with Crippen LogP contribution in [-0.2, 0) is 9.84 Å². The third-order valence-corrected chi connectivity index (χ3v) is 4.76. The largest absolute Gasteiger partial charge is 0.387 e. The summed E-state index contributed by atoms with van der Waals surface area (Å²) in [5.74, 6) is -0.857. The van der Waals surface area contributed by atoms with E-state index in [1.807, 2.05) is 6.92 Å². The van der Waals surface area contributed by atoms with Crippen LogP contribution in [0.15, 0.2) is 53.4 Å². The van der Waals surface area contributed by atoms with Crippen molar-refractivity contribution in [1.29, 1.82) is 0 Å². The predicted molar refractivity (Wildman–Crippen MR) is 74.6 cm³/mol. The summed E-state index contributed by atoms with van der Waals surface area (Å²) in [4.78, 5) is 0.171. The summed E-state index contributed by atoms with van der Waals surface area (Å²) in [5, 5.41) is 9.96. The van der Waals surface area contributed by atoms with Crippen molar-refractivity contribution >= 4 is 9.84 Å². The number of aryl methyl sites for hydroxylation is 1. The zero-order chi connectivity index (χ0) is 14.8. The summed E-state index contributed by atoms with van der Waals surface area (Å²) in [5.41, 5.74) is 1.34. The van der Waals surface area contributed by atoms with Gasteiger partial charge < -0.3 is 5.11 Å². The van der Waals surface area contributed by atoms with Gasteiger partial charge >= 0.3 is 0 Å². The summed E-state index contributed by atoms with van der Waals surface area (Å²) in [6, 6.07) is 11.6. The molecule has 106 valence electrons. The van der Waals surface area contributed by atoms with E-state index in [1.54, 1.807) is 12.1 Å². The maximum absolute atomic E-state index is 12.8. The van der Waals surface area contributed by atoms with E-state index in [-0.39, 0.29) is 4.90 Å². The summed E-state index contributed by atoms with van der Waals surface area (Å²) in [6.45, 7) is 1.86. The van der Waals surface area contributed by atoms with Crippen molar-refractivity contribution < 1.29 is 17.9 Å². The quantitative estimate of drug-likeness (QED) is 0.943. The van der Waals surface area contributed by atoms with Crippen molar-refractivity contribution in [3.05, 3.63) is 65.5 Å². The highest BCUT2D eigenvalue weighted by Gasteiger charge is 2.20. The molecule has 3 nitrogen and oxygen atoms in total. The second kappa shape index (κ2) is 5.73. The molecule has 2 rings (SSSR count). The molecule has 1 unspecified atom stereocenters. The highest BCUT2D eigenvalue weighted by atomic mass is 32.2. The lowest BCUT2D eigenvalue weighted by Gasteiger charge is -2.12. The van der Waals surface area contributed by atoms with Crippen LogP contribution in [0.5, 0.6) is 0 Å². The standard InChI is InChI=1S/C15H15FO3S/c1-11-2-8-14(9-3-11)20(18,19)10-15(17)12-4-6-13(16)7-5-12/h2-9,15,17H,10H2,1H3. The van der Waals surface area contributed by atoms with E-state index in [9.17, 15) is 17.9 Å². The molecule has 0 saturated carbocycles. The molecule has 0 aliphatic carbocycles. The topological polar surface area (TPSA) is 54.4 Å². The lowest BCUT2D eigenvalue weighted by atomic mass is 10.1. The average Bonchev–Trinajstić information content (AvgIpc) is 2.39. The molecule has 0 saturated heterocycles. The summed E-state index contributed by atoms with van der Waals surface area (Å²) in [6.07, 6.45) is -1.18. The van der Waals surface area contributed by atoms with Crippen LogP contribution in [0.4, 0.5) is 4.39 Å². The molecule has 0 aliphatic heterocycles. The van der Waals surface area contributed by atoms with E-state index in [0.717, 1.165) is 5.56 Å². The van der Waals surface area contributed by atoms with Crippen LogP contribution in [0.1, 0.15) is 17.2 Å². The second-order valence-electron chi connectivity index (χ2n) is 4.66. The molecular weight excluding hydrogens is 279 g/mol. The average molecular weight is 294 g/mol. The fraction of sp³-hybridized carbons (Fsp3) is 0.200. The first-order valence-corrected chi connectivity index (χ1v) is 7.77. The van der Waals surface area contributed by atoms with E-state index >= 15 is 0 Å². The number of benzene rings is 2. The smallest absolute Gasteiger partial charge is 0.181 e. The Hall–Kier alpha value is -1.72. The van der Waals surface area contributed by atoms with Crippen molar-refractivity contribution in [3.8, 4) is 0 Å². The molecule has 0 amide bonds. The maximum Gasteiger partial charge on any atom is 0.181 e. The van der Waals surface area contributed by atoms with E-state index in [2.05, 4.69) is 0 Å². The van der Waals surface area contributed by atoms with Gasteiger partial charge in [-0.2, -0.15) is 0 Å². The van der Waals surface area contributed by atoms with Gasteiger partial charge in [-0.25, -0.2) is 12.8 Å². The molecule has 0 spiro atoms. The van der Waals surface area contributed by atoms with Gasteiger partial charge in [0, 0.05) is 0 Å². The lowest BCUT2D eigenvalue weighted by Crippen LogP contribution is -2.14. The van der Waals surface area contributed by atoms with E-state index in [1.165, 1.54) is 36.4 Å². The summed E-state index contributed by atoms with van der Waals surface area (Å²) < 4.78 is 37.1. The number of aliphatic hydroxyl groups excluding tert-OH is 1. The van der Waals surface area contributed by atoms with Crippen molar-refractivity contribution in [3.63, 3.8) is 0 Å². The van der Waals surface area contributed by atoms with Crippen LogP contribution in [0, 0.1) is 12.7 Å². The van der Waals surface area contributed by atoms with Crippen molar-refractivity contribution in [2.24, 2.45) is 0 Å². The number of hydrogen-bond donors (Lipinski definition) is 1. The molecule has 1 atom stereocenters. The number of halogens is 1. The molecule has 1 N–H and O–H groups in total. The van der Waals surface area contributed by atoms with Gasteiger partial charge in [0.1, 0.15) is 5.82 Å². The SMILES string of the molecule is Cc1ccc(S(=O)(=O)CC(O)c2ccc(F)cc2)cc1. The fourth-order valence-electron chi connectivity index (χ4n) is 1.83. The van der Waals surface area contributed by atoms with Gasteiger partial charge in [-0.05, 0) is 36.8 Å². The Labute approximate surface area is 117 Å². The van der Waals surface area contributed by atoms with Gasteiger partial charge in [-0.3, -0.25) is 0 Å². The molecule has 0 fully saturated rings. The number of hydrogen-bond acceptors (Lipinski definition) is 3. The lowest BCUT2D eigenvalue weighted by molar-refractivity contribution is 0.201. The molecule has 0 aromatic heterocycles. The molecule has 20 heavy (non-hydrogen) atoms. The van der Waals surface area contributed by atoms with E-state index in [4.69, 9.17) is 0 Å². The minimum absolute atomic E-state index is 0.171. The Kier molecular flexibility index (Phi) is 4.20. The fourth-order valence-corrected chi connectivity index (χ4v) is 3.18. The van der Waals surface area contributed by atoms with E-state index < -0.39 is 27.5 Å². The molecule has 2 aromatic rings. The Balaban J connectivity index is 2.19. The molecular formula is C15H15FO3S. The minimum Gasteiger partial charge on any atom is -0.387 e. The van der Waals surface area contributed by atoms with Crippen LogP contribution >= 0.6 is 0 Å². The Morgan fingerprint density at radius 1 is 1.05 bits per heavy atom. The van der Waals surface area contributed by atoms with Gasteiger partial charge in [-0.1, -0.05) is 29.8 Å². The predicted octanol–water partition coefficient (Wildman–Crippen LogP) is 2.64. The molecule has 2 aromatic carbocycles. The Bertz CT molecular complexity index is 676. The minimum atomic E-state index is -3.58. The molecule has 0 heterocycles. The highest BCUT2D eigenvalue weighted by molar-refractivity contribution is 7.91. The molecule has 0 aliphatic rings. The van der Waals surface area contributed by atoms with Crippen molar-refractivity contribution in [2.45, 2.75) is 17.9 Å². The Morgan fingerprint density at radius 2 is 1.60 bits per heavy atom. The maximum atomic E-state index is 12.8. The molecule has 5 heteroatoms. The first-order chi connectivity index (χ1) is 9.38. The van der Waals surface area contributed by atoms with Crippen LogP contribution in [0.3, 0.4) is 0 Å². The van der Waals surface area contributed by atoms with Crippen molar-refractivity contribution in [2.75, 3.05) is 5.75 Å². The van der Waals surface area contributed by atoms with Crippen LogP contribution in [-0.4, -0.2) is 19.3 Å². The van der Waals surface area contributed by atoms with Gasteiger partial charge in [0.05, 0.1) is 16.8 Å². The van der Waals surface area contributed by atoms with Crippen molar-refractivity contribution in [1.82, 2.24) is 0 Å². The van der Waals surface area contributed by atoms with Gasteiger partial charge in [0.2, 0.25) is 0 Å². The third-order valence-electron chi connectivity index (χ3n) is 3.01. The van der Waals surface area contributed by atoms with Gasteiger partial charge in [0.15, 0.2) is 9.84 Å². The van der Waals surface area contributed by atoms with E-state index in [0.29, 0.717) is 5.56 Å². The highest BCUT2D eigenvalue weighted by Crippen LogP contribution is 2.20. The van der Waals surface area contributed by atoms with Gasteiger partial charge in [-0.15, -0.1) is 0 Å². The zero-order valence-electron chi connectivity index (χ0n) is 11.0. The Morgan fingerprint density at radius 3 is 2.15 bits per heavy atom. The summed E-state index contributed by atoms with van der Waals surface area (Å²) >= 11 is 0. The number of sulfone groups is 1. The number of rotatable bonds is 4. The third kappa shape index (κ3) is 3.43. The second-order valence-corrected chi connectivity index (χ2v) is 6.70. The molecule has 0 radical (unpaired) electrons. The van der Waals surface area contributed by atoms with Gasteiger partial charge in [0.25, 0.3) is 0 Å². The summed E-state index contributed by atoms with van der Waals surface area (Å²) in [7, 11) is -3.58. The first kappa shape index (κ1) is 14.7. The monoisotopic (exact) mass is 294 g/mol. The van der Waals surface area contributed by atoms with Crippen LogP contribution in [0.2, 0.25) is 0 Å².